The quantitative estimate of drug-likeness (QED) is 0.375. The van der Waals surface area contributed by atoms with Gasteiger partial charge in [0.1, 0.15) is 5.69 Å². The van der Waals surface area contributed by atoms with Gasteiger partial charge in [-0.2, -0.15) is 5.10 Å². The van der Waals surface area contributed by atoms with E-state index in [-0.39, 0.29) is 0 Å². The SMILES string of the molecule is CCC(O)(CC)c1ccc2cc(-c3n[nH]c4cc(CN5CCNCC5)sc34)[nH]c2c1. The third kappa shape index (κ3) is 3.46. The maximum Gasteiger partial charge on any atom is 0.126 e. The van der Waals surface area contributed by atoms with Crippen molar-refractivity contribution in [1.29, 1.82) is 0 Å². The molecule has 0 unspecified atom stereocenters. The van der Waals surface area contributed by atoms with Gasteiger partial charge in [-0.1, -0.05) is 26.0 Å². The molecule has 1 fully saturated rings. The maximum atomic E-state index is 10.9. The number of nitrogens with one attached hydrogen (secondary N) is 3. The Morgan fingerprint density at radius 3 is 2.67 bits per heavy atom. The van der Waals surface area contributed by atoms with E-state index in [1.165, 1.54) is 9.58 Å². The lowest BCUT2D eigenvalue weighted by atomic mass is 9.88. The minimum atomic E-state index is -0.772. The molecule has 4 heterocycles. The molecule has 30 heavy (non-hydrogen) atoms. The lowest BCUT2D eigenvalue weighted by Crippen LogP contribution is -2.42. The van der Waals surface area contributed by atoms with Crippen molar-refractivity contribution in [2.45, 2.75) is 38.8 Å². The lowest BCUT2D eigenvalue weighted by Gasteiger charge is -2.26. The van der Waals surface area contributed by atoms with Crippen LogP contribution in [0.15, 0.2) is 30.3 Å². The van der Waals surface area contributed by atoms with Crippen LogP contribution in [0.4, 0.5) is 0 Å². The molecule has 0 spiro atoms. The van der Waals surface area contributed by atoms with Crippen molar-refractivity contribution in [3.8, 4) is 11.4 Å². The van der Waals surface area contributed by atoms with Crippen LogP contribution in [0.1, 0.15) is 37.1 Å². The van der Waals surface area contributed by atoms with Gasteiger partial charge in [0, 0.05) is 48.5 Å². The number of hydrogen-bond donors (Lipinski definition) is 4. The Labute approximate surface area is 180 Å². The normalized spacial score (nSPS) is 16.1. The van der Waals surface area contributed by atoms with E-state index in [2.05, 4.69) is 49.7 Å². The van der Waals surface area contributed by atoms with Gasteiger partial charge in [0.25, 0.3) is 0 Å². The van der Waals surface area contributed by atoms with Crippen LogP contribution in [0.25, 0.3) is 32.5 Å². The highest BCUT2D eigenvalue weighted by Gasteiger charge is 2.25. The fraction of sp³-hybridized carbons (Fsp3) is 0.435. The second kappa shape index (κ2) is 7.81. The summed E-state index contributed by atoms with van der Waals surface area (Å²) in [6, 6.07) is 10.6. The lowest BCUT2D eigenvalue weighted by molar-refractivity contribution is 0.0285. The Hall–Kier alpha value is -2.19. The average Bonchev–Trinajstić information content (AvgIpc) is 3.47. The number of H-pyrrole nitrogens is 2. The number of hydrogen-bond acceptors (Lipinski definition) is 5. The number of piperazine rings is 1. The molecule has 6 nitrogen and oxygen atoms in total. The first-order chi connectivity index (χ1) is 14.6. The Morgan fingerprint density at radius 1 is 1.10 bits per heavy atom. The largest absolute Gasteiger partial charge is 0.385 e. The molecular formula is C23H29N5OS. The standard InChI is InChI=1S/C23H29N5OS/c1-3-23(29,4-2)16-6-5-15-11-19(25-18(15)12-16)21-22-20(26-27-21)13-17(30-22)14-28-9-7-24-8-10-28/h5-6,11-13,24-25,29H,3-4,7-10,14H2,1-2H3,(H,26,27). The van der Waals surface area contributed by atoms with Gasteiger partial charge in [0.05, 0.1) is 21.5 Å². The second-order valence-corrected chi connectivity index (χ2v) is 9.41. The molecule has 1 aliphatic heterocycles. The molecule has 1 aliphatic rings. The van der Waals surface area contributed by atoms with Gasteiger partial charge in [0.2, 0.25) is 0 Å². The highest BCUT2D eigenvalue weighted by molar-refractivity contribution is 7.19. The number of aromatic nitrogens is 3. The summed E-state index contributed by atoms with van der Waals surface area (Å²) in [6.45, 7) is 9.39. The van der Waals surface area contributed by atoms with Gasteiger partial charge in [-0.15, -0.1) is 11.3 Å². The van der Waals surface area contributed by atoms with Crippen molar-refractivity contribution in [2.75, 3.05) is 26.2 Å². The van der Waals surface area contributed by atoms with Crippen LogP contribution in [-0.2, 0) is 12.1 Å². The van der Waals surface area contributed by atoms with Crippen molar-refractivity contribution >= 4 is 32.5 Å². The zero-order valence-corrected chi connectivity index (χ0v) is 18.4. The molecule has 5 rings (SSSR count). The first-order valence-electron chi connectivity index (χ1n) is 10.9. The van der Waals surface area contributed by atoms with Gasteiger partial charge in [0.15, 0.2) is 0 Å². The number of aromatic amines is 2. The van der Waals surface area contributed by atoms with Gasteiger partial charge < -0.3 is 15.4 Å². The summed E-state index contributed by atoms with van der Waals surface area (Å²) in [5.74, 6) is 0. The molecular weight excluding hydrogens is 394 g/mol. The third-order valence-corrected chi connectivity index (χ3v) is 7.59. The zero-order chi connectivity index (χ0) is 20.7. The first-order valence-corrected chi connectivity index (χ1v) is 11.7. The van der Waals surface area contributed by atoms with E-state index in [1.807, 2.05) is 31.3 Å². The fourth-order valence-electron chi connectivity index (χ4n) is 4.42. The van der Waals surface area contributed by atoms with Gasteiger partial charge >= 0.3 is 0 Å². The van der Waals surface area contributed by atoms with Crippen LogP contribution in [0.5, 0.6) is 0 Å². The van der Waals surface area contributed by atoms with Crippen molar-refractivity contribution in [2.24, 2.45) is 0 Å². The predicted molar refractivity (Wildman–Crippen MR) is 124 cm³/mol. The second-order valence-electron chi connectivity index (χ2n) is 8.28. The van der Waals surface area contributed by atoms with Crippen molar-refractivity contribution in [1.82, 2.24) is 25.4 Å². The molecule has 4 aromatic rings. The Bertz CT molecular complexity index is 1160. The minimum Gasteiger partial charge on any atom is -0.385 e. The average molecular weight is 424 g/mol. The summed E-state index contributed by atoms with van der Waals surface area (Å²) < 4.78 is 1.20. The van der Waals surface area contributed by atoms with E-state index in [0.29, 0.717) is 12.8 Å². The van der Waals surface area contributed by atoms with Gasteiger partial charge in [-0.3, -0.25) is 10.00 Å². The molecule has 0 radical (unpaired) electrons. The number of rotatable bonds is 6. The first kappa shape index (κ1) is 19.8. The topological polar surface area (TPSA) is 80.0 Å². The summed E-state index contributed by atoms with van der Waals surface area (Å²) in [6.07, 6.45) is 1.40. The van der Waals surface area contributed by atoms with Gasteiger partial charge in [-0.05, 0) is 36.6 Å². The van der Waals surface area contributed by atoms with Crippen LogP contribution in [0, 0.1) is 0 Å². The highest BCUT2D eigenvalue weighted by Crippen LogP contribution is 2.36. The van der Waals surface area contributed by atoms with E-state index in [0.717, 1.165) is 66.1 Å². The van der Waals surface area contributed by atoms with E-state index in [1.54, 1.807) is 0 Å². The number of nitrogens with zero attached hydrogens (tertiary/aromatic N) is 2. The van der Waals surface area contributed by atoms with Gasteiger partial charge in [-0.25, -0.2) is 0 Å². The number of fused-ring (bicyclic) bond motifs is 2. The Morgan fingerprint density at radius 2 is 1.90 bits per heavy atom. The molecule has 0 atom stereocenters. The van der Waals surface area contributed by atoms with Crippen molar-refractivity contribution in [3.05, 3.63) is 40.8 Å². The molecule has 0 saturated carbocycles. The van der Waals surface area contributed by atoms with Crippen LogP contribution < -0.4 is 5.32 Å². The Kier molecular flexibility index (Phi) is 5.14. The molecule has 7 heteroatoms. The van der Waals surface area contributed by atoms with E-state index in [9.17, 15) is 5.11 Å². The van der Waals surface area contributed by atoms with E-state index in [4.69, 9.17) is 0 Å². The molecule has 0 bridgehead atoms. The number of aliphatic hydroxyl groups is 1. The summed E-state index contributed by atoms with van der Waals surface area (Å²) in [4.78, 5) is 7.41. The highest BCUT2D eigenvalue weighted by atomic mass is 32.1. The zero-order valence-electron chi connectivity index (χ0n) is 17.6. The summed E-state index contributed by atoms with van der Waals surface area (Å²) in [5.41, 5.74) is 4.32. The van der Waals surface area contributed by atoms with E-state index >= 15 is 0 Å². The smallest absolute Gasteiger partial charge is 0.126 e. The Balaban J connectivity index is 1.47. The predicted octanol–water partition coefficient (Wildman–Crippen LogP) is 4.19. The van der Waals surface area contributed by atoms with Crippen molar-refractivity contribution < 1.29 is 5.11 Å². The molecule has 158 valence electrons. The molecule has 1 aromatic carbocycles. The van der Waals surface area contributed by atoms with Crippen molar-refractivity contribution in [3.63, 3.8) is 0 Å². The third-order valence-electron chi connectivity index (χ3n) is 6.46. The maximum absolute atomic E-state index is 10.9. The molecule has 3 aromatic heterocycles. The minimum absolute atomic E-state index is 0.702. The van der Waals surface area contributed by atoms with Crippen LogP contribution >= 0.6 is 11.3 Å². The fourth-order valence-corrected chi connectivity index (χ4v) is 5.57. The summed E-state index contributed by atoms with van der Waals surface area (Å²) >= 11 is 1.83. The van der Waals surface area contributed by atoms with Crippen LogP contribution in [-0.4, -0.2) is 51.4 Å². The molecule has 4 N–H and O–H groups in total. The summed E-state index contributed by atoms with van der Waals surface area (Å²) in [7, 11) is 0. The molecule has 0 aliphatic carbocycles. The van der Waals surface area contributed by atoms with Crippen LogP contribution in [0.2, 0.25) is 0 Å². The molecule has 1 saturated heterocycles. The number of thiophene rings is 1. The summed E-state index contributed by atoms with van der Waals surface area (Å²) in [5, 5.41) is 23.2. The monoisotopic (exact) mass is 423 g/mol. The number of benzene rings is 1. The van der Waals surface area contributed by atoms with E-state index < -0.39 is 5.60 Å². The van der Waals surface area contributed by atoms with Crippen LogP contribution in [0.3, 0.4) is 0 Å². The molecule has 0 amide bonds.